The molecule has 0 amide bonds. The van der Waals surface area contributed by atoms with Crippen LogP contribution in [0.3, 0.4) is 0 Å². The van der Waals surface area contributed by atoms with Gasteiger partial charge in [-0.25, -0.2) is 4.79 Å². The quantitative estimate of drug-likeness (QED) is 0.428. The lowest BCUT2D eigenvalue weighted by Gasteiger charge is -2.27. The van der Waals surface area contributed by atoms with E-state index in [9.17, 15) is 4.79 Å². The fraction of sp³-hybridized carbons (Fsp3) is 0.933. The molecule has 0 heterocycles. The molecule has 3 heteroatoms. The summed E-state index contributed by atoms with van der Waals surface area (Å²) in [4.78, 5) is 10.7. The van der Waals surface area contributed by atoms with Gasteiger partial charge in [-0.05, 0) is 12.8 Å². The predicted octanol–water partition coefficient (Wildman–Crippen LogP) is 3.68. The summed E-state index contributed by atoms with van der Waals surface area (Å²) in [6.45, 7) is 3.45. The smallest absolute Gasteiger partial charge is 0.359 e. The Hall–Kier alpha value is -0.570. The van der Waals surface area contributed by atoms with Crippen LogP contribution in [0.25, 0.3) is 0 Å². The molecule has 0 aliphatic rings. The van der Waals surface area contributed by atoms with E-state index in [1.165, 1.54) is 51.4 Å². The Morgan fingerprint density at radius 3 is 1.78 bits per heavy atom. The van der Waals surface area contributed by atoms with Crippen molar-refractivity contribution < 1.29 is 14.4 Å². The van der Waals surface area contributed by atoms with Crippen molar-refractivity contribution in [1.82, 2.24) is 0 Å². The van der Waals surface area contributed by atoms with Crippen LogP contribution in [0.5, 0.6) is 0 Å². The number of unbranched alkanes of at least 4 members (excludes halogenated alkanes) is 8. The lowest BCUT2D eigenvalue weighted by atomic mass is 10.1. The summed E-state index contributed by atoms with van der Waals surface area (Å²) >= 11 is 0. The summed E-state index contributed by atoms with van der Waals surface area (Å²) in [6, 6.07) is 0. The van der Waals surface area contributed by atoms with Crippen LogP contribution < -0.4 is 0 Å². The fourth-order valence-corrected chi connectivity index (χ4v) is 2.30. The average Bonchev–Trinajstić information content (AvgIpc) is 2.25. The third-order valence-electron chi connectivity index (χ3n) is 3.43. The molecule has 0 aliphatic carbocycles. The minimum Gasteiger partial charge on any atom is -0.477 e. The molecule has 0 unspecified atom stereocenters. The van der Waals surface area contributed by atoms with E-state index in [0.29, 0.717) is 4.48 Å². The molecule has 0 spiro atoms. The largest absolute Gasteiger partial charge is 0.477 e. The Balaban J connectivity index is 3.31. The number of quaternary nitrogens is 1. The summed E-state index contributed by atoms with van der Waals surface area (Å²) in [5.41, 5.74) is 0. The highest BCUT2D eigenvalue weighted by Gasteiger charge is 2.18. The number of carboxylic acids is 1. The van der Waals surface area contributed by atoms with E-state index >= 15 is 0 Å². The van der Waals surface area contributed by atoms with Gasteiger partial charge in [0.1, 0.15) is 0 Å². The number of aliphatic carboxylic acids is 1. The van der Waals surface area contributed by atoms with Crippen molar-refractivity contribution in [3.63, 3.8) is 0 Å². The molecule has 0 radical (unpaired) electrons. The van der Waals surface area contributed by atoms with E-state index in [-0.39, 0.29) is 6.54 Å². The van der Waals surface area contributed by atoms with Crippen molar-refractivity contribution >= 4 is 5.97 Å². The second-order valence-corrected chi connectivity index (χ2v) is 6.04. The van der Waals surface area contributed by atoms with Crippen LogP contribution in [-0.4, -0.2) is 42.7 Å². The minimum atomic E-state index is -0.698. The molecule has 1 N–H and O–H groups in total. The summed E-state index contributed by atoms with van der Waals surface area (Å²) in [6.07, 6.45) is 11.9. The maximum atomic E-state index is 10.7. The first kappa shape index (κ1) is 17.4. The van der Waals surface area contributed by atoms with Crippen molar-refractivity contribution in [2.24, 2.45) is 0 Å². The molecule has 0 saturated heterocycles. The molecular formula is C15H32NO2+. The number of hydrogen-bond donors (Lipinski definition) is 1. The fourth-order valence-electron chi connectivity index (χ4n) is 2.30. The molecule has 0 atom stereocenters. The van der Waals surface area contributed by atoms with E-state index in [1.54, 1.807) is 0 Å². The second kappa shape index (κ2) is 10.4. The molecule has 0 aromatic rings. The van der Waals surface area contributed by atoms with Gasteiger partial charge in [-0.1, -0.05) is 51.9 Å². The SMILES string of the molecule is CCCCCCCCCCC[N+](C)(C)CC(=O)O. The Morgan fingerprint density at radius 1 is 0.889 bits per heavy atom. The van der Waals surface area contributed by atoms with Crippen LogP contribution >= 0.6 is 0 Å². The second-order valence-electron chi connectivity index (χ2n) is 6.04. The highest BCUT2D eigenvalue weighted by molar-refractivity contribution is 5.67. The van der Waals surface area contributed by atoms with Crippen LogP contribution in [0.4, 0.5) is 0 Å². The van der Waals surface area contributed by atoms with Gasteiger partial charge in [0, 0.05) is 0 Å². The van der Waals surface area contributed by atoms with Gasteiger partial charge in [0.05, 0.1) is 20.6 Å². The standard InChI is InChI=1S/C15H31NO2/c1-4-5-6-7-8-9-10-11-12-13-16(2,3)14-15(17)18/h4-14H2,1-3H3/p+1. The molecular weight excluding hydrogens is 226 g/mol. The summed E-state index contributed by atoms with van der Waals surface area (Å²) in [7, 11) is 4.00. The van der Waals surface area contributed by atoms with Crippen LogP contribution in [0.15, 0.2) is 0 Å². The summed E-state index contributed by atoms with van der Waals surface area (Å²) in [5.74, 6) is -0.698. The zero-order valence-corrected chi connectivity index (χ0v) is 12.6. The molecule has 0 fully saturated rings. The Kier molecular flexibility index (Phi) is 10.0. The number of hydrogen-bond acceptors (Lipinski definition) is 1. The molecule has 3 nitrogen and oxygen atoms in total. The summed E-state index contributed by atoms with van der Waals surface area (Å²) < 4.78 is 0.603. The van der Waals surface area contributed by atoms with E-state index in [0.717, 1.165) is 13.0 Å². The molecule has 0 bridgehead atoms. The average molecular weight is 258 g/mol. The Morgan fingerprint density at radius 2 is 1.33 bits per heavy atom. The van der Waals surface area contributed by atoms with Gasteiger partial charge in [0.25, 0.3) is 0 Å². The zero-order chi connectivity index (χ0) is 13.9. The van der Waals surface area contributed by atoms with Gasteiger partial charge in [-0.3, -0.25) is 0 Å². The van der Waals surface area contributed by atoms with Gasteiger partial charge < -0.3 is 9.59 Å². The first-order valence-corrected chi connectivity index (χ1v) is 7.52. The maximum absolute atomic E-state index is 10.7. The molecule has 0 aromatic heterocycles. The van der Waals surface area contributed by atoms with Gasteiger partial charge in [-0.15, -0.1) is 0 Å². The highest BCUT2D eigenvalue weighted by atomic mass is 16.4. The number of carboxylic acid groups (broad SMARTS) is 1. The zero-order valence-electron chi connectivity index (χ0n) is 12.6. The minimum absolute atomic E-state index is 0.233. The lowest BCUT2D eigenvalue weighted by molar-refractivity contribution is -0.883. The molecule has 0 rings (SSSR count). The van der Waals surface area contributed by atoms with Gasteiger partial charge in [0.15, 0.2) is 6.54 Å². The Labute approximate surface area is 113 Å². The normalized spacial score (nSPS) is 11.7. The number of likely N-dealkylation sites (N-methyl/N-ethyl adjacent to an activating group) is 1. The monoisotopic (exact) mass is 258 g/mol. The van der Waals surface area contributed by atoms with Gasteiger partial charge >= 0.3 is 5.97 Å². The van der Waals surface area contributed by atoms with Crippen LogP contribution in [-0.2, 0) is 4.79 Å². The molecule has 0 saturated carbocycles. The Bertz CT molecular complexity index is 215. The first-order chi connectivity index (χ1) is 8.48. The topological polar surface area (TPSA) is 37.3 Å². The van der Waals surface area contributed by atoms with E-state index in [4.69, 9.17) is 5.11 Å². The van der Waals surface area contributed by atoms with Crippen LogP contribution in [0.1, 0.15) is 64.7 Å². The van der Waals surface area contributed by atoms with Gasteiger partial charge in [-0.2, -0.15) is 0 Å². The number of carbonyl (C=O) groups is 1. The van der Waals surface area contributed by atoms with Crippen molar-refractivity contribution in [3.8, 4) is 0 Å². The molecule has 0 aromatic carbocycles. The van der Waals surface area contributed by atoms with E-state index in [1.807, 2.05) is 14.1 Å². The highest BCUT2D eigenvalue weighted by Crippen LogP contribution is 2.10. The number of nitrogens with zero attached hydrogens (tertiary/aromatic N) is 1. The summed E-state index contributed by atoms with van der Waals surface area (Å²) in [5, 5.41) is 8.78. The maximum Gasteiger partial charge on any atom is 0.359 e. The van der Waals surface area contributed by atoms with Crippen molar-refractivity contribution in [2.75, 3.05) is 27.2 Å². The van der Waals surface area contributed by atoms with Crippen molar-refractivity contribution in [1.29, 1.82) is 0 Å². The van der Waals surface area contributed by atoms with Crippen molar-refractivity contribution in [3.05, 3.63) is 0 Å². The molecule has 18 heavy (non-hydrogen) atoms. The number of rotatable bonds is 12. The third-order valence-corrected chi connectivity index (χ3v) is 3.43. The van der Waals surface area contributed by atoms with Crippen molar-refractivity contribution in [2.45, 2.75) is 64.7 Å². The van der Waals surface area contributed by atoms with Crippen LogP contribution in [0, 0.1) is 0 Å². The van der Waals surface area contributed by atoms with Gasteiger partial charge in [0.2, 0.25) is 0 Å². The first-order valence-electron chi connectivity index (χ1n) is 7.52. The van der Waals surface area contributed by atoms with E-state index < -0.39 is 5.97 Å². The third kappa shape index (κ3) is 11.9. The predicted molar refractivity (Wildman–Crippen MR) is 76.7 cm³/mol. The van der Waals surface area contributed by atoms with E-state index in [2.05, 4.69) is 6.92 Å². The lowest BCUT2D eigenvalue weighted by Crippen LogP contribution is -2.44. The molecule has 0 aliphatic heterocycles. The molecule has 108 valence electrons. The van der Waals surface area contributed by atoms with Crippen LogP contribution in [0.2, 0.25) is 0 Å².